The van der Waals surface area contributed by atoms with Gasteiger partial charge in [-0.05, 0) is 28.7 Å². The highest BCUT2D eigenvalue weighted by Gasteiger charge is 2.23. The van der Waals surface area contributed by atoms with Crippen molar-refractivity contribution in [3.63, 3.8) is 0 Å². The molecule has 0 amide bonds. The highest BCUT2D eigenvalue weighted by atomic mass is 14.9. The summed E-state index contributed by atoms with van der Waals surface area (Å²) in [6.45, 7) is 13.8. The Kier molecular flexibility index (Phi) is 4.95. The van der Waals surface area contributed by atoms with Crippen molar-refractivity contribution in [1.82, 2.24) is 0 Å². The first-order chi connectivity index (χ1) is 8.59. The Hall–Kier alpha value is -1.11. The number of pyridine rings is 1. The van der Waals surface area contributed by atoms with E-state index in [0.29, 0.717) is 11.3 Å². The molecule has 0 aliphatic carbocycles. The average Bonchev–Trinajstić information content (AvgIpc) is 2.24. The van der Waals surface area contributed by atoms with Crippen LogP contribution in [0.2, 0.25) is 0 Å². The van der Waals surface area contributed by atoms with Crippen LogP contribution in [-0.2, 0) is 7.05 Å². The average molecular weight is 260 g/mol. The quantitative estimate of drug-likeness (QED) is 0.549. The zero-order chi connectivity index (χ0) is 14.7. The van der Waals surface area contributed by atoms with Crippen LogP contribution in [0, 0.1) is 10.8 Å². The van der Waals surface area contributed by atoms with Gasteiger partial charge in [-0.25, -0.2) is 4.57 Å². The zero-order valence-corrected chi connectivity index (χ0v) is 13.7. The molecule has 106 valence electrons. The number of nitrogens with zero attached hydrogens (tertiary/aromatic N) is 1. The summed E-state index contributed by atoms with van der Waals surface area (Å²) >= 11 is 0. The Morgan fingerprint density at radius 1 is 1.11 bits per heavy atom. The molecule has 1 heteroatoms. The first-order valence-electron chi connectivity index (χ1n) is 7.24. The summed E-state index contributed by atoms with van der Waals surface area (Å²) in [6, 6.07) is 4.40. The van der Waals surface area contributed by atoms with Crippen molar-refractivity contribution in [2.45, 2.75) is 53.9 Å². The summed E-state index contributed by atoms with van der Waals surface area (Å²) in [6.07, 6.45) is 10.2. The molecule has 0 radical (unpaired) electrons. The van der Waals surface area contributed by atoms with E-state index in [2.05, 4.69) is 89.8 Å². The van der Waals surface area contributed by atoms with Crippen LogP contribution in [0.4, 0.5) is 0 Å². The summed E-state index contributed by atoms with van der Waals surface area (Å²) in [5, 5.41) is 0. The van der Waals surface area contributed by atoms with Gasteiger partial charge in [0, 0.05) is 12.1 Å². The largest absolute Gasteiger partial charge is 0.208 e. The first kappa shape index (κ1) is 15.9. The summed E-state index contributed by atoms with van der Waals surface area (Å²) in [5.74, 6) is 0.473. The standard InChI is InChI=1S/C18H30N/c1-15(16-9-12-19(7)13-10-16)8-11-18(5,6)14-17(2,3)4/h8-13,15H,14H2,1-7H3/q+1. The maximum atomic E-state index is 2.38. The summed E-state index contributed by atoms with van der Waals surface area (Å²) in [5.41, 5.74) is 2.00. The molecule has 0 bridgehead atoms. The predicted octanol–water partition coefficient (Wildman–Crippen LogP) is 4.63. The maximum Gasteiger partial charge on any atom is 0.168 e. The molecule has 0 aliphatic rings. The summed E-state index contributed by atoms with van der Waals surface area (Å²) < 4.78 is 2.07. The van der Waals surface area contributed by atoms with Gasteiger partial charge >= 0.3 is 0 Å². The topological polar surface area (TPSA) is 3.88 Å². The van der Waals surface area contributed by atoms with Crippen LogP contribution >= 0.6 is 0 Å². The van der Waals surface area contributed by atoms with Gasteiger partial charge < -0.3 is 0 Å². The second kappa shape index (κ2) is 5.90. The van der Waals surface area contributed by atoms with E-state index in [9.17, 15) is 0 Å². The van der Waals surface area contributed by atoms with Gasteiger partial charge in [-0.15, -0.1) is 0 Å². The van der Waals surface area contributed by atoms with Crippen molar-refractivity contribution in [1.29, 1.82) is 0 Å². The minimum absolute atomic E-state index is 0.256. The summed E-state index contributed by atoms with van der Waals surface area (Å²) in [4.78, 5) is 0. The molecule has 0 fully saturated rings. The third-order valence-corrected chi connectivity index (χ3v) is 3.35. The third-order valence-electron chi connectivity index (χ3n) is 3.35. The Balaban J connectivity index is 2.72. The summed E-state index contributed by atoms with van der Waals surface area (Å²) in [7, 11) is 2.05. The maximum absolute atomic E-state index is 2.38. The Morgan fingerprint density at radius 3 is 2.11 bits per heavy atom. The smallest absolute Gasteiger partial charge is 0.168 e. The molecular weight excluding hydrogens is 230 g/mol. The van der Waals surface area contributed by atoms with Gasteiger partial charge in [0.2, 0.25) is 0 Å². The van der Waals surface area contributed by atoms with Crippen LogP contribution in [0.25, 0.3) is 0 Å². The molecule has 1 unspecified atom stereocenters. The van der Waals surface area contributed by atoms with Gasteiger partial charge in [-0.2, -0.15) is 0 Å². The molecular formula is C18H30N+. The first-order valence-corrected chi connectivity index (χ1v) is 7.24. The van der Waals surface area contributed by atoms with Crippen molar-refractivity contribution in [2.24, 2.45) is 17.9 Å². The minimum Gasteiger partial charge on any atom is -0.208 e. The van der Waals surface area contributed by atoms with E-state index in [-0.39, 0.29) is 5.41 Å². The number of aromatic nitrogens is 1. The third kappa shape index (κ3) is 6.04. The molecule has 1 aromatic rings. The van der Waals surface area contributed by atoms with Crippen molar-refractivity contribution in [3.05, 3.63) is 42.2 Å². The molecule has 0 N–H and O–H groups in total. The number of hydrogen-bond acceptors (Lipinski definition) is 0. The molecule has 1 heterocycles. The zero-order valence-electron chi connectivity index (χ0n) is 13.7. The molecule has 0 saturated heterocycles. The molecule has 1 rings (SSSR count). The van der Waals surface area contributed by atoms with Crippen LogP contribution in [0.3, 0.4) is 0 Å². The number of hydrogen-bond donors (Lipinski definition) is 0. The van der Waals surface area contributed by atoms with Gasteiger partial charge in [0.1, 0.15) is 7.05 Å². The van der Waals surface area contributed by atoms with E-state index >= 15 is 0 Å². The Bertz CT molecular complexity index is 418. The van der Waals surface area contributed by atoms with Crippen LogP contribution in [0.15, 0.2) is 36.7 Å². The highest BCUT2D eigenvalue weighted by Crippen LogP contribution is 2.34. The van der Waals surface area contributed by atoms with Gasteiger partial charge in [-0.3, -0.25) is 0 Å². The van der Waals surface area contributed by atoms with Crippen molar-refractivity contribution < 1.29 is 4.57 Å². The SMILES string of the molecule is CC(C=CC(C)(C)CC(C)(C)C)c1cc[n+](C)cc1. The molecule has 0 aromatic carbocycles. The molecule has 0 saturated carbocycles. The van der Waals surface area contributed by atoms with Crippen LogP contribution in [0.1, 0.15) is 59.4 Å². The number of allylic oxidation sites excluding steroid dienone is 2. The second-order valence-electron chi connectivity index (χ2n) is 7.67. The monoisotopic (exact) mass is 260 g/mol. The fourth-order valence-corrected chi connectivity index (χ4v) is 2.76. The van der Waals surface area contributed by atoms with Gasteiger partial charge in [0.05, 0.1) is 0 Å². The molecule has 1 aromatic heterocycles. The van der Waals surface area contributed by atoms with Gasteiger partial charge in [0.25, 0.3) is 0 Å². The lowest BCUT2D eigenvalue weighted by molar-refractivity contribution is -0.671. The predicted molar refractivity (Wildman–Crippen MR) is 83.0 cm³/mol. The van der Waals surface area contributed by atoms with E-state index < -0.39 is 0 Å². The van der Waals surface area contributed by atoms with E-state index in [1.54, 1.807) is 0 Å². The van der Waals surface area contributed by atoms with Gasteiger partial charge in [-0.1, -0.05) is 53.7 Å². The van der Waals surface area contributed by atoms with Crippen LogP contribution in [0.5, 0.6) is 0 Å². The van der Waals surface area contributed by atoms with Crippen molar-refractivity contribution >= 4 is 0 Å². The normalized spacial score (nSPS) is 14.9. The number of aryl methyl sites for hydroxylation is 1. The van der Waals surface area contributed by atoms with E-state index in [0.717, 1.165) is 0 Å². The molecule has 0 aliphatic heterocycles. The lowest BCUT2D eigenvalue weighted by atomic mass is 9.75. The van der Waals surface area contributed by atoms with Crippen molar-refractivity contribution in [3.8, 4) is 0 Å². The molecule has 1 nitrogen and oxygen atoms in total. The number of rotatable bonds is 4. The van der Waals surface area contributed by atoms with Crippen LogP contribution in [-0.4, -0.2) is 0 Å². The Labute approximate surface area is 119 Å². The van der Waals surface area contributed by atoms with Crippen LogP contribution < -0.4 is 4.57 Å². The van der Waals surface area contributed by atoms with Gasteiger partial charge in [0.15, 0.2) is 12.4 Å². The second-order valence-corrected chi connectivity index (χ2v) is 7.67. The van der Waals surface area contributed by atoms with Crippen molar-refractivity contribution in [2.75, 3.05) is 0 Å². The lowest BCUT2D eigenvalue weighted by Gasteiger charge is -2.30. The van der Waals surface area contributed by atoms with E-state index in [1.165, 1.54) is 12.0 Å². The Morgan fingerprint density at radius 2 is 1.63 bits per heavy atom. The molecule has 1 atom stereocenters. The minimum atomic E-state index is 0.256. The lowest BCUT2D eigenvalue weighted by Crippen LogP contribution is -2.26. The molecule has 19 heavy (non-hydrogen) atoms. The fraction of sp³-hybridized carbons (Fsp3) is 0.611. The molecule has 0 spiro atoms. The highest BCUT2D eigenvalue weighted by molar-refractivity contribution is 5.19. The van der Waals surface area contributed by atoms with E-state index in [4.69, 9.17) is 0 Å². The van der Waals surface area contributed by atoms with E-state index in [1.807, 2.05) is 0 Å². The fourth-order valence-electron chi connectivity index (χ4n) is 2.76.